The highest BCUT2D eigenvalue weighted by Gasteiger charge is 2.29. The summed E-state index contributed by atoms with van der Waals surface area (Å²) < 4.78 is 5.09. The van der Waals surface area contributed by atoms with Crippen molar-refractivity contribution in [3.05, 3.63) is 0 Å². The van der Waals surface area contributed by atoms with Gasteiger partial charge in [0.15, 0.2) is 0 Å². The maximum atomic E-state index is 5.09. The quantitative estimate of drug-likeness (QED) is 0.709. The Bertz CT molecular complexity index is 170. The highest BCUT2D eigenvalue weighted by atomic mass is 16.5. The second-order valence-electron chi connectivity index (χ2n) is 5.38. The van der Waals surface area contributed by atoms with Crippen LogP contribution >= 0.6 is 0 Å². The summed E-state index contributed by atoms with van der Waals surface area (Å²) in [7, 11) is 1.77. The summed E-state index contributed by atoms with van der Waals surface area (Å²) in [5.74, 6) is 2.55. The first-order valence-corrected chi connectivity index (χ1v) is 6.37. The van der Waals surface area contributed by atoms with Gasteiger partial charge >= 0.3 is 0 Å². The van der Waals surface area contributed by atoms with Gasteiger partial charge < -0.3 is 10.1 Å². The molecule has 0 heterocycles. The molecule has 1 fully saturated rings. The van der Waals surface area contributed by atoms with Crippen LogP contribution in [-0.2, 0) is 4.74 Å². The van der Waals surface area contributed by atoms with Gasteiger partial charge in [0.2, 0.25) is 0 Å². The molecule has 0 aliphatic heterocycles. The average Bonchev–Trinajstić information content (AvgIpc) is 2.18. The van der Waals surface area contributed by atoms with E-state index in [1.165, 1.54) is 19.3 Å². The summed E-state index contributed by atoms with van der Waals surface area (Å²) in [6.07, 6.45) is 4.14. The van der Waals surface area contributed by atoms with Crippen molar-refractivity contribution in [1.29, 1.82) is 0 Å². The monoisotopic (exact) mass is 213 g/mol. The zero-order valence-corrected chi connectivity index (χ0v) is 10.8. The van der Waals surface area contributed by atoms with Crippen LogP contribution in [0.4, 0.5) is 0 Å². The number of ether oxygens (including phenoxy) is 1. The first-order valence-electron chi connectivity index (χ1n) is 6.37. The Morgan fingerprint density at radius 3 is 2.67 bits per heavy atom. The van der Waals surface area contributed by atoms with Gasteiger partial charge in [0.1, 0.15) is 0 Å². The molecule has 0 radical (unpaired) electrons. The van der Waals surface area contributed by atoms with Crippen LogP contribution in [0.15, 0.2) is 0 Å². The lowest BCUT2D eigenvalue weighted by molar-refractivity contribution is 0.148. The minimum absolute atomic E-state index is 0.712. The summed E-state index contributed by atoms with van der Waals surface area (Å²) in [5.41, 5.74) is 0. The summed E-state index contributed by atoms with van der Waals surface area (Å²) in [6, 6.07) is 0.712. The van der Waals surface area contributed by atoms with Gasteiger partial charge in [-0.1, -0.05) is 27.2 Å². The minimum atomic E-state index is 0.712. The van der Waals surface area contributed by atoms with Crippen LogP contribution in [0.1, 0.15) is 40.0 Å². The predicted octanol–water partition coefficient (Wildman–Crippen LogP) is 2.68. The fourth-order valence-corrected chi connectivity index (χ4v) is 2.78. The molecule has 2 nitrogen and oxygen atoms in total. The zero-order chi connectivity index (χ0) is 11.3. The van der Waals surface area contributed by atoms with Crippen molar-refractivity contribution in [3.63, 3.8) is 0 Å². The fourth-order valence-electron chi connectivity index (χ4n) is 2.78. The molecule has 0 aromatic carbocycles. The van der Waals surface area contributed by atoms with E-state index in [1.807, 2.05) is 0 Å². The molecule has 0 bridgehead atoms. The molecular weight excluding hydrogens is 186 g/mol. The SMILES string of the molecule is COCCNC1CC(C)CCC1C(C)C. The maximum absolute atomic E-state index is 5.09. The standard InChI is InChI=1S/C13H27NO/c1-10(2)12-6-5-11(3)9-13(12)14-7-8-15-4/h10-14H,5-9H2,1-4H3. The molecular formula is C13H27NO. The second-order valence-corrected chi connectivity index (χ2v) is 5.38. The van der Waals surface area contributed by atoms with Crippen molar-refractivity contribution >= 4 is 0 Å². The third-order valence-corrected chi connectivity index (χ3v) is 3.73. The van der Waals surface area contributed by atoms with E-state index in [4.69, 9.17) is 4.74 Å². The Balaban J connectivity index is 2.39. The van der Waals surface area contributed by atoms with Crippen LogP contribution in [0.25, 0.3) is 0 Å². The number of hydrogen-bond donors (Lipinski definition) is 1. The van der Waals surface area contributed by atoms with E-state index in [9.17, 15) is 0 Å². The Labute approximate surface area is 94.8 Å². The summed E-state index contributed by atoms with van der Waals surface area (Å²) in [4.78, 5) is 0. The predicted molar refractivity (Wildman–Crippen MR) is 65.0 cm³/mol. The highest BCUT2D eigenvalue weighted by Crippen LogP contribution is 2.33. The van der Waals surface area contributed by atoms with Crippen molar-refractivity contribution in [3.8, 4) is 0 Å². The summed E-state index contributed by atoms with van der Waals surface area (Å²) >= 11 is 0. The van der Waals surface area contributed by atoms with E-state index in [0.717, 1.165) is 30.9 Å². The molecule has 90 valence electrons. The van der Waals surface area contributed by atoms with Gasteiger partial charge in [-0.05, 0) is 30.6 Å². The Morgan fingerprint density at radius 1 is 1.33 bits per heavy atom. The van der Waals surface area contributed by atoms with Crippen LogP contribution in [0.5, 0.6) is 0 Å². The largest absolute Gasteiger partial charge is 0.383 e. The summed E-state index contributed by atoms with van der Waals surface area (Å²) in [6.45, 7) is 8.91. The van der Waals surface area contributed by atoms with Crippen LogP contribution in [0.3, 0.4) is 0 Å². The molecule has 0 aromatic rings. The van der Waals surface area contributed by atoms with E-state index in [2.05, 4.69) is 26.1 Å². The van der Waals surface area contributed by atoms with E-state index in [0.29, 0.717) is 6.04 Å². The molecule has 3 atom stereocenters. The van der Waals surface area contributed by atoms with Crippen molar-refractivity contribution < 1.29 is 4.74 Å². The minimum Gasteiger partial charge on any atom is -0.383 e. The molecule has 2 heteroatoms. The van der Waals surface area contributed by atoms with Gasteiger partial charge in [-0.25, -0.2) is 0 Å². The number of methoxy groups -OCH3 is 1. The number of rotatable bonds is 5. The first kappa shape index (κ1) is 13.0. The highest BCUT2D eigenvalue weighted by molar-refractivity contribution is 4.85. The Kier molecular flexibility index (Phi) is 5.62. The van der Waals surface area contributed by atoms with Gasteiger partial charge in [-0.3, -0.25) is 0 Å². The zero-order valence-electron chi connectivity index (χ0n) is 10.8. The van der Waals surface area contributed by atoms with Gasteiger partial charge in [-0.15, -0.1) is 0 Å². The Hall–Kier alpha value is -0.0800. The fraction of sp³-hybridized carbons (Fsp3) is 1.00. The molecule has 15 heavy (non-hydrogen) atoms. The maximum Gasteiger partial charge on any atom is 0.0587 e. The molecule has 1 aliphatic carbocycles. The Morgan fingerprint density at radius 2 is 2.07 bits per heavy atom. The first-order chi connectivity index (χ1) is 7.15. The average molecular weight is 213 g/mol. The molecule has 1 aliphatic rings. The van der Waals surface area contributed by atoms with E-state index in [-0.39, 0.29) is 0 Å². The second kappa shape index (κ2) is 6.49. The smallest absolute Gasteiger partial charge is 0.0587 e. The lowest BCUT2D eigenvalue weighted by atomic mass is 9.74. The molecule has 0 spiro atoms. The van der Waals surface area contributed by atoms with Gasteiger partial charge in [-0.2, -0.15) is 0 Å². The summed E-state index contributed by atoms with van der Waals surface area (Å²) in [5, 5.41) is 3.66. The molecule has 0 amide bonds. The van der Waals surface area contributed by atoms with Crippen LogP contribution in [0.2, 0.25) is 0 Å². The topological polar surface area (TPSA) is 21.3 Å². The third kappa shape index (κ3) is 4.12. The van der Waals surface area contributed by atoms with Crippen molar-refractivity contribution in [2.45, 2.75) is 46.1 Å². The molecule has 1 N–H and O–H groups in total. The van der Waals surface area contributed by atoms with E-state index >= 15 is 0 Å². The number of nitrogens with one attached hydrogen (secondary N) is 1. The lowest BCUT2D eigenvalue weighted by Crippen LogP contribution is -2.43. The number of hydrogen-bond acceptors (Lipinski definition) is 2. The molecule has 3 unspecified atom stereocenters. The van der Waals surface area contributed by atoms with Crippen molar-refractivity contribution in [2.75, 3.05) is 20.3 Å². The van der Waals surface area contributed by atoms with Gasteiger partial charge in [0, 0.05) is 19.7 Å². The van der Waals surface area contributed by atoms with Gasteiger partial charge in [0.25, 0.3) is 0 Å². The molecule has 0 aromatic heterocycles. The van der Waals surface area contributed by atoms with Crippen LogP contribution in [0, 0.1) is 17.8 Å². The van der Waals surface area contributed by atoms with Crippen LogP contribution in [-0.4, -0.2) is 26.3 Å². The molecule has 0 saturated heterocycles. The molecule has 1 saturated carbocycles. The van der Waals surface area contributed by atoms with Crippen molar-refractivity contribution in [2.24, 2.45) is 17.8 Å². The van der Waals surface area contributed by atoms with E-state index < -0.39 is 0 Å². The van der Waals surface area contributed by atoms with Crippen molar-refractivity contribution in [1.82, 2.24) is 5.32 Å². The normalized spacial score (nSPS) is 32.2. The van der Waals surface area contributed by atoms with E-state index in [1.54, 1.807) is 7.11 Å². The van der Waals surface area contributed by atoms with Gasteiger partial charge in [0.05, 0.1) is 6.61 Å². The molecule has 1 rings (SSSR count). The van der Waals surface area contributed by atoms with Crippen LogP contribution < -0.4 is 5.32 Å². The third-order valence-electron chi connectivity index (χ3n) is 3.73. The lowest BCUT2D eigenvalue weighted by Gasteiger charge is -2.38.